The Bertz CT molecular complexity index is 1470. The molecule has 19 nitrogen and oxygen atoms in total. The van der Waals surface area contributed by atoms with Gasteiger partial charge in [-0.15, -0.1) is 6.58 Å². The number of carbonyl (C=O) groups excluding carboxylic acids is 8. The van der Waals surface area contributed by atoms with Crippen LogP contribution in [0.4, 0.5) is 0 Å². The lowest BCUT2D eigenvalue weighted by molar-refractivity contribution is -0.144. The highest BCUT2D eigenvalue weighted by Crippen LogP contribution is 2.22. The first-order chi connectivity index (χ1) is 26.3. The number of rotatable bonds is 25. The van der Waals surface area contributed by atoms with Crippen molar-refractivity contribution in [2.75, 3.05) is 13.1 Å². The van der Waals surface area contributed by atoms with Gasteiger partial charge in [-0.25, -0.2) is 0 Å². The number of carboxylic acids is 2. The van der Waals surface area contributed by atoms with E-state index in [0.717, 1.165) is 6.92 Å². The van der Waals surface area contributed by atoms with E-state index in [0.29, 0.717) is 19.3 Å². The molecule has 1 aliphatic heterocycles. The molecule has 0 aromatic heterocycles. The molecule has 7 atom stereocenters. The minimum Gasteiger partial charge on any atom is -0.481 e. The Morgan fingerprint density at radius 1 is 0.750 bits per heavy atom. The lowest BCUT2D eigenvalue weighted by Gasteiger charge is -2.33. The fourth-order valence-corrected chi connectivity index (χ4v) is 6.02. The van der Waals surface area contributed by atoms with Crippen LogP contribution in [-0.2, 0) is 47.9 Å². The lowest BCUT2D eigenvalue weighted by atomic mass is 9.95. The van der Waals surface area contributed by atoms with Gasteiger partial charge >= 0.3 is 11.9 Å². The molecule has 8 N–H and O–H groups in total. The van der Waals surface area contributed by atoms with Crippen molar-refractivity contribution in [3.63, 3.8) is 0 Å². The Labute approximate surface area is 326 Å². The highest BCUT2D eigenvalue weighted by Gasteiger charge is 2.41. The summed E-state index contributed by atoms with van der Waals surface area (Å²) in [5.74, 6) is -9.78. The molecule has 56 heavy (non-hydrogen) atoms. The zero-order valence-corrected chi connectivity index (χ0v) is 33.1. The molecule has 0 aliphatic carbocycles. The van der Waals surface area contributed by atoms with Gasteiger partial charge in [0, 0.05) is 32.9 Å². The van der Waals surface area contributed by atoms with Gasteiger partial charge in [0.05, 0.1) is 6.04 Å². The van der Waals surface area contributed by atoms with Crippen LogP contribution in [0.15, 0.2) is 12.7 Å². The topological polar surface area (TPSA) is 287 Å². The van der Waals surface area contributed by atoms with Crippen molar-refractivity contribution in [2.24, 2.45) is 11.8 Å². The molecule has 0 spiro atoms. The van der Waals surface area contributed by atoms with Crippen molar-refractivity contribution in [3.8, 4) is 0 Å². The Morgan fingerprint density at radius 3 is 1.80 bits per heavy atom. The summed E-state index contributed by atoms with van der Waals surface area (Å²) in [5, 5.41) is 33.3. The van der Waals surface area contributed by atoms with E-state index in [1.807, 2.05) is 0 Å². The highest BCUT2D eigenvalue weighted by molar-refractivity contribution is 6.38. The van der Waals surface area contributed by atoms with Gasteiger partial charge in [-0.2, -0.15) is 0 Å². The molecule has 1 saturated heterocycles. The van der Waals surface area contributed by atoms with Crippen LogP contribution < -0.4 is 31.9 Å². The van der Waals surface area contributed by atoms with E-state index in [2.05, 4.69) is 38.5 Å². The largest absolute Gasteiger partial charge is 0.481 e. The SMILES string of the molecule is C=CCNC(=O)C(=O)C(CCC)NC(=O)[C@@H]1CCCN1C(=O)[C@@H](NC(=O)[C@@H](NC(=O)[C@H](CCC(=O)O)NC(=O)[C@H](CCC(=O)O)NC(C)=O)C(C)C)C(C)CC. The van der Waals surface area contributed by atoms with Crippen molar-refractivity contribution in [1.82, 2.24) is 36.8 Å². The molecule has 7 amide bonds. The van der Waals surface area contributed by atoms with Gasteiger partial charge in [-0.05, 0) is 43.9 Å². The predicted octanol–water partition coefficient (Wildman–Crippen LogP) is -0.476. The van der Waals surface area contributed by atoms with Crippen molar-refractivity contribution in [2.45, 2.75) is 136 Å². The summed E-state index contributed by atoms with van der Waals surface area (Å²) in [7, 11) is 0. The number of carbonyl (C=O) groups is 10. The summed E-state index contributed by atoms with van der Waals surface area (Å²) < 4.78 is 0. The van der Waals surface area contributed by atoms with E-state index in [1.165, 1.54) is 11.0 Å². The molecule has 1 aliphatic rings. The number of hydrogen-bond donors (Lipinski definition) is 8. The molecule has 0 saturated carbocycles. The van der Waals surface area contributed by atoms with Gasteiger partial charge in [-0.3, -0.25) is 47.9 Å². The second kappa shape index (κ2) is 24.2. The number of Topliss-reactive ketones (excluding diaryl/α,β-unsaturated/α-hetero) is 1. The number of likely N-dealkylation sites (tertiary alicyclic amines) is 1. The monoisotopic (exact) mass is 793 g/mol. The molecule has 0 bridgehead atoms. The predicted molar refractivity (Wildman–Crippen MR) is 201 cm³/mol. The number of nitrogens with one attached hydrogen (secondary N) is 6. The standard InChI is InChI=1S/C37H59N7O12/c1-8-12-23(31(50)36(55)38-18-9-2)40-34(53)26-13-11-19-44(26)37(56)30(21(6)10-3)43-35(54)29(20(4)5)42-33(52)25(15-17-28(48)49)41-32(51)24(39-22(7)45)14-16-27(46)47/h9,20-21,23-26,29-30H,2,8,10-19H2,1,3-7H3,(H,38,55)(H,39,45)(H,40,53)(H,41,51)(H,42,52)(H,43,54)(H,46,47)(H,48,49)/t21?,23?,24-,25-,26-,29-,30-/m0/s1. The third-order valence-electron chi connectivity index (χ3n) is 9.32. The maximum atomic E-state index is 14.1. The van der Waals surface area contributed by atoms with E-state index in [9.17, 15) is 53.1 Å². The van der Waals surface area contributed by atoms with Crippen molar-refractivity contribution in [3.05, 3.63) is 12.7 Å². The molecule has 0 aromatic rings. The average molecular weight is 794 g/mol. The number of carboxylic acid groups (broad SMARTS) is 2. The van der Waals surface area contributed by atoms with Crippen LogP contribution in [-0.4, -0.2) is 124 Å². The zero-order valence-electron chi connectivity index (χ0n) is 33.1. The maximum absolute atomic E-state index is 14.1. The van der Waals surface area contributed by atoms with E-state index in [-0.39, 0.29) is 32.4 Å². The van der Waals surface area contributed by atoms with Gasteiger partial charge in [0.25, 0.3) is 5.91 Å². The van der Waals surface area contributed by atoms with Gasteiger partial charge in [0.15, 0.2) is 0 Å². The van der Waals surface area contributed by atoms with Gasteiger partial charge in [0.1, 0.15) is 30.2 Å². The molecule has 1 fully saturated rings. The number of amides is 7. The fourth-order valence-electron chi connectivity index (χ4n) is 6.02. The first-order valence-corrected chi connectivity index (χ1v) is 18.9. The van der Waals surface area contributed by atoms with E-state index in [1.54, 1.807) is 34.6 Å². The van der Waals surface area contributed by atoms with Crippen LogP contribution in [0.1, 0.15) is 99.3 Å². The molecule has 0 radical (unpaired) electrons. The fraction of sp³-hybridized carbons (Fsp3) is 0.676. The van der Waals surface area contributed by atoms with Crippen molar-refractivity contribution >= 4 is 59.1 Å². The maximum Gasteiger partial charge on any atom is 0.303 e. The number of hydrogen-bond acceptors (Lipinski definition) is 10. The summed E-state index contributed by atoms with van der Waals surface area (Å²) in [6.45, 7) is 13.4. The van der Waals surface area contributed by atoms with Gasteiger partial charge in [0.2, 0.25) is 41.2 Å². The minimum absolute atomic E-state index is 0.0603. The summed E-state index contributed by atoms with van der Waals surface area (Å²) in [4.78, 5) is 129. The van der Waals surface area contributed by atoms with Crippen LogP contribution in [0.2, 0.25) is 0 Å². The quantitative estimate of drug-likeness (QED) is 0.0430. The lowest BCUT2D eigenvalue weighted by Crippen LogP contribution is -2.61. The normalized spacial score (nSPS) is 16.8. The van der Waals surface area contributed by atoms with Crippen LogP contribution in [0.5, 0.6) is 0 Å². The van der Waals surface area contributed by atoms with E-state index >= 15 is 0 Å². The van der Waals surface area contributed by atoms with Crippen LogP contribution in [0.25, 0.3) is 0 Å². The molecule has 1 rings (SSSR count). The van der Waals surface area contributed by atoms with Crippen LogP contribution in [0, 0.1) is 11.8 Å². The average Bonchev–Trinajstić information content (AvgIpc) is 3.63. The molecule has 314 valence electrons. The molecule has 1 heterocycles. The molecular formula is C37H59N7O12. The van der Waals surface area contributed by atoms with Crippen molar-refractivity contribution in [1.29, 1.82) is 0 Å². The van der Waals surface area contributed by atoms with Crippen LogP contribution >= 0.6 is 0 Å². The van der Waals surface area contributed by atoms with Gasteiger partial charge in [-0.1, -0.05) is 53.5 Å². The van der Waals surface area contributed by atoms with Gasteiger partial charge < -0.3 is 47.0 Å². The Morgan fingerprint density at radius 2 is 1.30 bits per heavy atom. The summed E-state index contributed by atoms with van der Waals surface area (Å²) >= 11 is 0. The number of aliphatic carboxylic acids is 2. The first-order valence-electron chi connectivity index (χ1n) is 18.9. The Kier molecular flexibility index (Phi) is 21.0. The Balaban J connectivity index is 3.28. The second-order valence-electron chi connectivity index (χ2n) is 14.2. The summed E-state index contributed by atoms with van der Waals surface area (Å²) in [6, 6.07) is -7.44. The molecular weight excluding hydrogens is 734 g/mol. The molecule has 0 aromatic carbocycles. The van der Waals surface area contributed by atoms with Crippen molar-refractivity contribution < 1.29 is 58.2 Å². The summed E-state index contributed by atoms with van der Waals surface area (Å²) in [6.07, 6.45) is 1.41. The molecule has 2 unspecified atom stereocenters. The zero-order chi connectivity index (χ0) is 42.7. The number of nitrogens with zero attached hydrogens (tertiary/aromatic N) is 1. The van der Waals surface area contributed by atoms with E-state index < -0.39 is 126 Å². The number of ketones is 1. The first kappa shape index (κ1) is 48.7. The smallest absolute Gasteiger partial charge is 0.303 e. The third-order valence-corrected chi connectivity index (χ3v) is 9.32. The summed E-state index contributed by atoms with van der Waals surface area (Å²) in [5.41, 5.74) is 0. The van der Waals surface area contributed by atoms with E-state index in [4.69, 9.17) is 5.11 Å². The highest BCUT2D eigenvalue weighted by atomic mass is 16.4. The molecule has 19 heteroatoms. The minimum atomic E-state index is -1.51. The Hall–Kier alpha value is -5.36. The van der Waals surface area contributed by atoms with Crippen LogP contribution in [0.3, 0.4) is 0 Å². The second-order valence-corrected chi connectivity index (χ2v) is 14.2. The third kappa shape index (κ3) is 15.8.